The Morgan fingerprint density at radius 2 is 1.70 bits per heavy atom. The zero-order valence-corrected chi connectivity index (χ0v) is 10.4. The third kappa shape index (κ3) is 2.45. The summed E-state index contributed by atoms with van der Waals surface area (Å²) in [6.45, 7) is 0. The number of rotatable bonds is 3. The Kier molecular flexibility index (Phi) is 3.65. The Morgan fingerprint density at radius 3 is 2.20 bits per heavy atom. The molecule has 0 aliphatic heterocycles. The molecule has 0 saturated heterocycles. The monoisotopic (exact) mass is 281 g/mol. The molecule has 0 heterocycles. The van der Waals surface area contributed by atoms with Crippen LogP contribution < -0.4 is 10.5 Å². The van der Waals surface area contributed by atoms with Crippen LogP contribution in [-0.2, 0) is 0 Å². The van der Waals surface area contributed by atoms with Gasteiger partial charge in [-0.2, -0.15) is 0 Å². The number of carbonyl (C=O) groups is 1. The summed E-state index contributed by atoms with van der Waals surface area (Å²) in [5.41, 5.74) is 4.36. The largest absolute Gasteiger partial charge is 0.497 e. The molecule has 0 amide bonds. The van der Waals surface area contributed by atoms with Crippen molar-refractivity contribution in [2.75, 3.05) is 12.8 Å². The van der Waals surface area contributed by atoms with Gasteiger partial charge in [0.05, 0.1) is 12.7 Å². The highest BCUT2D eigenvalue weighted by Crippen LogP contribution is 2.25. The van der Waals surface area contributed by atoms with Gasteiger partial charge in [-0.3, -0.25) is 4.79 Å². The van der Waals surface area contributed by atoms with Crippen molar-refractivity contribution >= 4 is 11.5 Å². The Morgan fingerprint density at radius 1 is 1.10 bits per heavy atom. The number of nitrogen functional groups attached to an aromatic ring is 1. The van der Waals surface area contributed by atoms with Gasteiger partial charge in [0.15, 0.2) is 0 Å². The number of ketones is 1. The van der Waals surface area contributed by atoms with Gasteiger partial charge in [-0.25, -0.2) is 13.2 Å². The molecule has 0 fully saturated rings. The highest BCUT2D eigenvalue weighted by molar-refractivity contribution is 6.12. The summed E-state index contributed by atoms with van der Waals surface area (Å²) in [5.74, 6) is -3.80. The summed E-state index contributed by atoms with van der Waals surface area (Å²) in [7, 11) is 1.24. The fraction of sp³-hybridized carbons (Fsp3) is 0.0714. The first kappa shape index (κ1) is 13.9. The molecule has 0 spiro atoms. The second-order valence-electron chi connectivity index (χ2n) is 4.03. The number of hydrogen-bond donors (Lipinski definition) is 1. The molecule has 6 heteroatoms. The van der Waals surface area contributed by atoms with Crippen molar-refractivity contribution in [2.24, 2.45) is 0 Å². The Balaban J connectivity index is 2.54. The van der Waals surface area contributed by atoms with E-state index >= 15 is 0 Å². The van der Waals surface area contributed by atoms with Crippen molar-refractivity contribution in [3.63, 3.8) is 0 Å². The standard InChI is InChI=1S/C14H10F3NO2/c1-20-8-5-10(16)13(11(17)6-8)14(19)9-3-2-7(15)4-12(9)18/h2-6H,18H2,1H3. The molecule has 0 bridgehead atoms. The van der Waals surface area contributed by atoms with Crippen molar-refractivity contribution < 1.29 is 22.7 Å². The summed E-state index contributed by atoms with van der Waals surface area (Å²) in [6.07, 6.45) is 0. The summed E-state index contributed by atoms with van der Waals surface area (Å²) in [5, 5.41) is 0. The molecule has 0 aromatic heterocycles. The van der Waals surface area contributed by atoms with Gasteiger partial charge < -0.3 is 10.5 Å². The van der Waals surface area contributed by atoms with Crippen molar-refractivity contribution in [1.82, 2.24) is 0 Å². The molecule has 20 heavy (non-hydrogen) atoms. The highest BCUT2D eigenvalue weighted by Gasteiger charge is 2.22. The third-order valence-electron chi connectivity index (χ3n) is 2.74. The lowest BCUT2D eigenvalue weighted by molar-refractivity contribution is 0.103. The minimum Gasteiger partial charge on any atom is -0.497 e. The lowest BCUT2D eigenvalue weighted by atomic mass is 10.0. The summed E-state index contributed by atoms with van der Waals surface area (Å²) < 4.78 is 45.2. The molecule has 2 N–H and O–H groups in total. The minimum absolute atomic E-state index is 0.0522. The van der Waals surface area contributed by atoms with E-state index in [-0.39, 0.29) is 17.0 Å². The second kappa shape index (κ2) is 5.24. The fourth-order valence-corrected chi connectivity index (χ4v) is 1.76. The molecule has 0 aliphatic carbocycles. The van der Waals surface area contributed by atoms with Crippen LogP contribution >= 0.6 is 0 Å². The van der Waals surface area contributed by atoms with E-state index in [0.29, 0.717) is 0 Å². The zero-order valence-electron chi connectivity index (χ0n) is 10.4. The normalized spacial score (nSPS) is 10.4. The average Bonchev–Trinajstić information content (AvgIpc) is 2.37. The first-order valence-electron chi connectivity index (χ1n) is 5.56. The van der Waals surface area contributed by atoms with Crippen LogP contribution in [0.25, 0.3) is 0 Å². The van der Waals surface area contributed by atoms with Gasteiger partial charge in [-0.05, 0) is 18.2 Å². The van der Waals surface area contributed by atoms with E-state index in [9.17, 15) is 18.0 Å². The number of benzene rings is 2. The second-order valence-corrected chi connectivity index (χ2v) is 4.03. The molecular weight excluding hydrogens is 271 g/mol. The number of hydrogen-bond acceptors (Lipinski definition) is 3. The maximum absolute atomic E-state index is 13.8. The first-order chi connectivity index (χ1) is 9.43. The minimum atomic E-state index is -1.07. The SMILES string of the molecule is COc1cc(F)c(C(=O)c2ccc(F)cc2N)c(F)c1. The van der Waals surface area contributed by atoms with E-state index in [0.717, 1.165) is 30.3 Å². The van der Waals surface area contributed by atoms with Crippen molar-refractivity contribution in [3.8, 4) is 5.75 Å². The number of ether oxygens (including phenoxy) is 1. The molecule has 0 atom stereocenters. The van der Waals surface area contributed by atoms with Crippen LogP contribution in [0.15, 0.2) is 30.3 Å². The molecule has 104 valence electrons. The van der Waals surface area contributed by atoms with E-state index in [1.165, 1.54) is 7.11 Å². The number of methoxy groups -OCH3 is 1. The van der Waals surface area contributed by atoms with Crippen LogP contribution in [0.4, 0.5) is 18.9 Å². The van der Waals surface area contributed by atoms with E-state index in [1.807, 2.05) is 0 Å². The average molecular weight is 281 g/mol. The van der Waals surface area contributed by atoms with Gasteiger partial charge in [0.2, 0.25) is 5.78 Å². The van der Waals surface area contributed by atoms with Crippen LogP contribution in [0.1, 0.15) is 15.9 Å². The smallest absolute Gasteiger partial charge is 0.201 e. The first-order valence-corrected chi connectivity index (χ1v) is 5.56. The van der Waals surface area contributed by atoms with Gasteiger partial charge in [-0.15, -0.1) is 0 Å². The molecule has 0 radical (unpaired) electrons. The molecule has 0 saturated carbocycles. The quantitative estimate of drug-likeness (QED) is 0.695. The molecular formula is C14H10F3NO2. The van der Waals surface area contributed by atoms with Crippen LogP contribution in [0.2, 0.25) is 0 Å². The van der Waals surface area contributed by atoms with Crippen LogP contribution in [0.5, 0.6) is 5.75 Å². The molecule has 3 nitrogen and oxygen atoms in total. The number of anilines is 1. The van der Waals surface area contributed by atoms with E-state index in [2.05, 4.69) is 0 Å². The maximum Gasteiger partial charge on any atom is 0.201 e. The number of carbonyl (C=O) groups excluding carboxylic acids is 1. The molecule has 2 aromatic rings. The van der Waals surface area contributed by atoms with Crippen molar-refractivity contribution in [3.05, 3.63) is 58.9 Å². The van der Waals surface area contributed by atoms with Crippen LogP contribution in [0, 0.1) is 17.5 Å². The number of nitrogens with two attached hydrogens (primary N) is 1. The fourth-order valence-electron chi connectivity index (χ4n) is 1.76. The Labute approximate surface area is 112 Å². The number of halogens is 3. The molecule has 2 rings (SSSR count). The van der Waals surface area contributed by atoms with Crippen molar-refractivity contribution in [2.45, 2.75) is 0 Å². The van der Waals surface area contributed by atoms with Gasteiger partial charge in [-0.1, -0.05) is 0 Å². The summed E-state index contributed by atoms with van der Waals surface area (Å²) in [4.78, 5) is 12.1. The van der Waals surface area contributed by atoms with Crippen molar-refractivity contribution in [1.29, 1.82) is 0 Å². The van der Waals surface area contributed by atoms with Gasteiger partial charge in [0, 0.05) is 23.4 Å². The van der Waals surface area contributed by atoms with E-state index < -0.39 is 28.8 Å². The van der Waals surface area contributed by atoms with Gasteiger partial charge in [0.25, 0.3) is 0 Å². The van der Waals surface area contributed by atoms with E-state index in [1.54, 1.807) is 0 Å². The molecule has 0 unspecified atom stereocenters. The summed E-state index contributed by atoms with van der Waals surface area (Å²) in [6, 6.07) is 4.75. The topological polar surface area (TPSA) is 52.3 Å². The maximum atomic E-state index is 13.8. The van der Waals surface area contributed by atoms with E-state index in [4.69, 9.17) is 10.5 Å². The zero-order chi connectivity index (χ0) is 14.9. The van der Waals surface area contributed by atoms with Gasteiger partial charge >= 0.3 is 0 Å². The predicted octanol–water partition coefficient (Wildman–Crippen LogP) is 2.93. The summed E-state index contributed by atoms with van der Waals surface area (Å²) >= 11 is 0. The lowest BCUT2D eigenvalue weighted by Crippen LogP contribution is -2.10. The Hall–Kier alpha value is -2.50. The van der Waals surface area contributed by atoms with Gasteiger partial charge in [0.1, 0.15) is 23.2 Å². The predicted molar refractivity (Wildman–Crippen MR) is 67.2 cm³/mol. The van der Waals surface area contributed by atoms with Crippen LogP contribution in [-0.4, -0.2) is 12.9 Å². The third-order valence-corrected chi connectivity index (χ3v) is 2.74. The van der Waals surface area contributed by atoms with Crippen LogP contribution in [0.3, 0.4) is 0 Å². The molecule has 2 aromatic carbocycles. The highest BCUT2D eigenvalue weighted by atomic mass is 19.1. The lowest BCUT2D eigenvalue weighted by Gasteiger charge is -2.08. The molecule has 0 aliphatic rings. The Bertz CT molecular complexity index is 663.